The molecule has 0 N–H and O–H groups in total. The molecule has 6 nitrogen and oxygen atoms in total. The van der Waals surface area contributed by atoms with E-state index in [1.54, 1.807) is 31.2 Å². The Morgan fingerprint density at radius 2 is 1.92 bits per heavy atom. The minimum Gasteiger partial charge on any atom is -0.497 e. The van der Waals surface area contributed by atoms with Gasteiger partial charge >= 0.3 is 12.1 Å². The Bertz CT molecular complexity index is 950. The standard InChI is InChI=1S/C17H14F3N3O3/c1-3-26-16(24)12-9-21-23-14(17(18,19)20)8-13(22-15(12)23)10-4-6-11(25-2)7-5-10/h4-9H,3H2,1-2H3. The number of carbonyl (C=O) groups excluding carboxylic acids is 1. The number of methoxy groups -OCH3 is 1. The maximum atomic E-state index is 13.5. The molecule has 3 rings (SSSR count). The number of esters is 1. The molecule has 3 aromatic rings. The number of fused-ring (bicyclic) bond motifs is 1. The fraction of sp³-hybridized carbons (Fsp3) is 0.235. The van der Waals surface area contributed by atoms with Crippen LogP contribution in [0, 0.1) is 0 Å². The Morgan fingerprint density at radius 3 is 2.50 bits per heavy atom. The fourth-order valence-corrected chi connectivity index (χ4v) is 2.43. The molecule has 0 aliphatic heterocycles. The van der Waals surface area contributed by atoms with E-state index in [-0.39, 0.29) is 23.5 Å². The number of hydrogen-bond donors (Lipinski definition) is 0. The van der Waals surface area contributed by atoms with Crippen LogP contribution in [0.4, 0.5) is 13.2 Å². The molecule has 0 saturated heterocycles. The summed E-state index contributed by atoms with van der Waals surface area (Å²) in [7, 11) is 1.49. The highest BCUT2D eigenvalue weighted by atomic mass is 19.4. The molecule has 0 bridgehead atoms. The van der Waals surface area contributed by atoms with E-state index in [1.807, 2.05) is 0 Å². The molecule has 1 aromatic carbocycles. The molecule has 0 radical (unpaired) electrons. The number of alkyl halides is 3. The molecule has 2 heterocycles. The van der Waals surface area contributed by atoms with Crippen LogP contribution < -0.4 is 4.74 Å². The maximum absolute atomic E-state index is 13.5. The second-order valence-electron chi connectivity index (χ2n) is 5.27. The molecule has 0 amide bonds. The summed E-state index contributed by atoms with van der Waals surface area (Å²) < 4.78 is 50.9. The molecule has 9 heteroatoms. The minimum absolute atomic E-state index is 0.0542. The molecular formula is C17H14F3N3O3. The summed E-state index contributed by atoms with van der Waals surface area (Å²) in [5, 5.41) is 3.66. The molecule has 0 aliphatic carbocycles. The molecule has 0 spiro atoms. The zero-order chi connectivity index (χ0) is 18.9. The zero-order valence-electron chi connectivity index (χ0n) is 13.9. The number of halogens is 3. The van der Waals surface area contributed by atoms with Gasteiger partial charge in [0.15, 0.2) is 11.3 Å². The van der Waals surface area contributed by atoms with E-state index >= 15 is 0 Å². The smallest absolute Gasteiger partial charge is 0.433 e. The lowest BCUT2D eigenvalue weighted by Gasteiger charge is -2.12. The van der Waals surface area contributed by atoms with Gasteiger partial charge in [-0.2, -0.15) is 18.3 Å². The van der Waals surface area contributed by atoms with Crippen LogP contribution in [0.3, 0.4) is 0 Å². The Hall–Kier alpha value is -3.10. The van der Waals surface area contributed by atoms with Gasteiger partial charge in [-0.1, -0.05) is 0 Å². The van der Waals surface area contributed by atoms with Gasteiger partial charge in [0, 0.05) is 5.56 Å². The van der Waals surface area contributed by atoms with Crippen molar-refractivity contribution in [2.75, 3.05) is 13.7 Å². The topological polar surface area (TPSA) is 65.7 Å². The second-order valence-corrected chi connectivity index (χ2v) is 5.27. The van der Waals surface area contributed by atoms with E-state index in [4.69, 9.17) is 9.47 Å². The highest BCUT2D eigenvalue weighted by Gasteiger charge is 2.36. The number of hydrogen-bond acceptors (Lipinski definition) is 5. The molecule has 26 heavy (non-hydrogen) atoms. The van der Waals surface area contributed by atoms with Crippen molar-refractivity contribution in [3.63, 3.8) is 0 Å². The van der Waals surface area contributed by atoms with Gasteiger partial charge < -0.3 is 9.47 Å². The molecule has 0 unspecified atom stereocenters. The van der Waals surface area contributed by atoms with Crippen molar-refractivity contribution in [2.45, 2.75) is 13.1 Å². The molecule has 136 valence electrons. The summed E-state index contributed by atoms with van der Waals surface area (Å²) in [6.07, 6.45) is -3.66. The monoisotopic (exact) mass is 365 g/mol. The number of rotatable bonds is 4. The first kappa shape index (κ1) is 17.7. The van der Waals surface area contributed by atoms with Crippen LogP contribution >= 0.6 is 0 Å². The lowest BCUT2D eigenvalue weighted by Crippen LogP contribution is -2.14. The van der Waals surface area contributed by atoms with Gasteiger partial charge in [-0.3, -0.25) is 0 Å². The number of nitrogens with zero attached hydrogens (tertiary/aromatic N) is 3. The van der Waals surface area contributed by atoms with Crippen molar-refractivity contribution < 1.29 is 27.4 Å². The highest BCUT2D eigenvalue weighted by Crippen LogP contribution is 2.33. The summed E-state index contributed by atoms with van der Waals surface area (Å²) >= 11 is 0. The lowest BCUT2D eigenvalue weighted by molar-refractivity contribution is -0.142. The van der Waals surface area contributed by atoms with Crippen LogP contribution in [-0.2, 0) is 10.9 Å². The normalized spacial score (nSPS) is 11.6. The molecular weight excluding hydrogens is 351 g/mol. The Balaban J connectivity index is 2.23. The Kier molecular flexibility index (Phi) is 4.54. The Labute approximate surface area is 146 Å². The van der Waals surface area contributed by atoms with E-state index in [1.165, 1.54) is 7.11 Å². The maximum Gasteiger partial charge on any atom is 0.433 e. The summed E-state index contributed by atoms with van der Waals surface area (Å²) in [6.45, 7) is 1.68. The first-order chi connectivity index (χ1) is 12.3. The predicted molar refractivity (Wildman–Crippen MR) is 85.9 cm³/mol. The van der Waals surface area contributed by atoms with Crippen LogP contribution in [0.5, 0.6) is 5.75 Å². The number of benzene rings is 1. The third-order valence-corrected chi connectivity index (χ3v) is 3.64. The third kappa shape index (κ3) is 3.19. The van der Waals surface area contributed by atoms with Crippen LogP contribution in [0.15, 0.2) is 36.5 Å². The fourth-order valence-electron chi connectivity index (χ4n) is 2.43. The number of carbonyl (C=O) groups is 1. The van der Waals surface area contributed by atoms with Crippen molar-refractivity contribution in [1.29, 1.82) is 0 Å². The van der Waals surface area contributed by atoms with Crippen LogP contribution in [0.1, 0.15) is 23.0 Å². The third-order valence-electron chi connectivity index (χ3n) is 3.64. The molecule has 0 fully saturated rings. The van der Waals surface area contributed by atoms with Crippen molar-refractivity contribution in [2.24, 2.45) is 0 Å². The molecule has 0 saturated carbocycles. The first-order valence-corrected chi connectivity index (χ1v) is 7.62. The minimum atomic E-state index is -4.68. The molecule has 2 aromatic heterocycles. The van der Waals surface area contributed by atoms with Gasteiger partial charge in [0.2, 0.25) is 0 Å². The van der Waals surface area contributed by atoms with Gasteiger partial charge in [-0.25, -0.2) is 14.3 Å². The second kappa shape index (κ2) is 6.66. The van der Waals surface area contributed by atoms with Crippen molar-refractivity contribution in [1.82, 2.24) is 14.6 Å². The van der Waals surface area contributed by atoms with Gasteiger partial charge in [-0.15, -0.1) is 0 Å². The highest BCUT2D eigenvalue weighted by molar-refractivity contribution is 5.96. The molecule has 0 atom stereocenters. The first-order valence-electron chi connectivity index (χ1n) is 7.62. The summed E-state index contributed by atoms with van der Waals surface area (Å²) in [6, 6.07) is 7.27. The van der Waals surface area contributed by atoms with Gasteiger partial charge in [-0.05, 0) is 37.3 Å². The summed E-state index contributed by atoms with van der Waals surface area (Å²) in [5.74, 6) is -0.225. The van der Waals surface area contributed by atoms with Crippen LogP contribution in [0.25, 0.3) is 16.9 Å². The Morgan fingerprint density at radius 1 is 1.23 bits per heavy atom. The number of ether oxygens (including phenoxy) is 2. The molecule has 0 aliphatic rings. The predicted octanol–water partition coefficient (Wildman–Crippen LogP) is 3.60. The van der Waals surface area contributed by atoms with Gasteiger partial charge in [0.1, 0.15) is 11.3 Å². The summed E-state index contributed by atoms with van der Waals surface area (Å²) in [5.41, 5.74) is -0.894. The van der Waals surface area contributed by atoms with Gasteiger partial charge in [0.25, 0.3) is 0 Å². The van der Waals surface area contributed by atoms with E-state index in [2.05, 4.69) is 10.1 Å². The van der Waals surface area contributed by atoms with E-state index < -0.39 is 17.8 Å². The summed E-state index contributed by atoms with van der Waals surface area (Å²) in [4.78, 5) is 16.2. The lowest BCUT2D eigenvalue weighted by atomic mass is 10.1. The van der Waals surface area contributed by atoms with Crippen molar-refractivity contribution in [3.8, 4) is 17.0 Å². The number of aromatic nitrogens is 3. The SMILES string of the molecule is CCOC(=O)c1cnn2c(C(F)(F)F)cc(-c3ccc(OC)cc3)nc12. The van der Waals surface area contributed by atoms with Crippen LogP contribution in [-0.4, -0.2) is 34.3 Å². The van der Waals surface area contributed by atoms with Crippen molar-refractivity contribution >= 4 is 11.6 Å². The average Bonchev–Trinajstić information content (AvgIpc) is 3.04. The van der Waals surface area contributed by atoms with E-state index in [0.717, 1.165) is 12.3 Å². The zero-order valence-corrected chi connectivity index (χ0v) is 13.9. The average molecular weight is 365 g/mol. The van der Waals surface area contributed by atoms with E-state index in [9.17, 15) is 18.0 Å². The van der Waals surface area contributed by atoms with E-state index in [0.29, 0.717) is 15.8 Å². The van der Waals surface area contributed by atoms with Crippen molar-refractivity contribution in [3.05, 3.63) is 47.8 Å². The largest absolute Gasteiger partial charge is 0.497 e. The quantitative estimate of drug-likeness (QED) is 0.661. The van der Waals surface area contributed by atoms with Crippen LogP contribution in [0.2, 0.25) is 0 Å². The van der Waals surface area contributed by atoms with Gasteiger partial charge in [0.05, 0.1) is 25.6 Å².